The predicted molar refractivity (Wildman–Crippen MR) is 119 cm³/mol. The van der Waals surface area contributed by atoms with E-state index in [0.717, 1.165) is 82.3 Å². The second-order valence-corrected chi connectivity index (χ2v) is 10.3. The highest BCUT2D eigenvalue weighted by Gasteiger charge is 2.35. The molecule has 0 spiro atoms. The molecule has 0 unspecified atom stereocenters. The van der Waals surface area contributed by atoms with Crippen LogP contribution in [0.1, 0.15) is 62.2 Å². The minimum Gasteiger partial charge on any atom is -0.352 e. The van der Waals surface area contributed by atoms with Gasteiger partial charge in [-0.15, -0.1) is 11.3 Å². The number of hydrogen-bond acceptors (Lipinski definition) is 5. The molecule has 29 heavy (non-hydrogen) atoms. The summed E-state index contributed by atoms with van der Waals surface area (Å²) in [5.41, 5.74) is 1.51. The van der Waals surface area contributed by atoms with Gasteiger partial charge in [0.25, 0.3) is 0 Å². The lowest BCUT2D eigenvalue weighted by Gasteiger charge is -2.36. The molecule has 156 valence electrons. The Bertz CT molecular complexity index is 911. The van der Waals surface area contributed by atoms with Crippen LogP contribution in [0.5, 0.6) is 0 Å². The number of unbranched alkanes of at least 4 members (excludes halogenated alkanes) is 1. The van der Waals surface area contributed by atoms with Crippen LogP contribution in [0.4, 0.5) is 5.82 Å². The second-order valence-electron chi connectivity index (χ2n) is 9.19. The molecule has 1 saturated carbocycles. The Labute approximate surface area is 177 Å². The highest BCUT2D eigenvalue weighted by molar-refractivity contribution is 7.19. The molecule has 2 fully saturated rings. The van der Waals surface area contributed by atoms with Crippen molar-refractivity contribution in [3.05, 3.63) is 16.3 Å². The third-order valence-corrected chi connectivity index (χ3v) is 7.90. The van der Waals surface area contributed by atoms with Gasteiger partial charge in [-0.2, -0.15) is 0 Å². The van der Waals surface area contributed by atoms with Crippen LogP contribution in [-0.4, -0.2) is 47.0 Å². The summed E-state index contributed by atoms with van der Waals surface area (Å²) in [7, 11) is 0. The quantitative estimate of drug-likeness (QED) is 0.738. The van der Waals surface area contributed by atoms with Crippen LogP contribution >= 0.6 is 11.3 Å². The SMILES string of the molecule is CCCCc1nc(N2CCN(C(=O)C3CC3)CC2)c2c3c(sc2n1)C[C@H](C)CC3. The van der Waals surface area contributed by atoms with E-state index in [1.807, 2.05) is 11.3 Å². The Morgan fingerprint density at radius 2 is 1.93 bits per heavy atom. The number of aryl methyl sites for hydroxylation is 2. The number of anilines is 1. The summed E-state index contributed by atoms with van der Waals surface area (Å²) in [4.78, 5) is 29.8. The van der Waals surface area contributed by atoms with Crippen LogP contribution in [0.2, 0.25) is 0 Å². The number of thiophene rings is 1. The Morgan fingerprint density at radius 1 is 1.14 bits per heavy atom. The summed E-state index contributed by atoms with van der Waals surface area (Å²) >= 11 is 1.90. The molecule has 3 heterocycles. The van der Waals surface area contributed by atoms with E-state index >= 15 is 0 Å². The number of nitrogens with zero attached hydrogens (tertiary/aromatic N) is 4. The van der Waals surface area contributed by atoms with E-state index in [1.54, 1.807) is 0 Å². The molecule has 0 aromatic carbocycles. The summed E-state index contributed by atoms with van der Waals surface area (Å²) in [5.74, 6) is 3.61. The van der Waals surface area contributed by atoms with Gasteiger partial charge < -0.3 is 9.80 Å². The van der Waals surface area contributed by atoms with Crippen molar-refractivity contribution in [1.29, 1.82) is 0 Å². The number of rotatable bonds is 5. The maximum atomic E-state index is 12.5. The zero-order valence-corrected chi connectivity index (χ0v) is 18.6. The largest absolute Gasteiger partial charge is 0.352 e. The number of aromatic nitrogens is 2. The molecular formula is C23H32N4OS. The van der Waals surface area contributed by atoms with E-state index in [-0.39, 0.29) is 0 Å². The highest BCUT2D eigenvalue weighted by Crippen LogP contribution is 2.41. The predicted octanol–water partition coefficient (Wildman–Crippen LogP) is 4.22. The van der Waals surface area contributed by atoms with Gasteiger partial charge in [-0.05, 0) is 50.0 Å². The van der Waals surface area contributed by atoms with Gasteiger partial charge in [0.2, 0.25) is 5.91 Å². The molecule has 1 atom stereocenters. The number of carbonyl (C=O) groups excluding carboxylic acids is 1. The first kappa shape index (κ1) is 19.3. The standard InChI is InChI=1S/C23H32N4OS/c1-3-4-5-19-24-21(26-10-12-27(13-11-26)23(28)16-7-8-16)20-17-9-6-15(2)14-18(17)29-22(20)25-19/h15-16H,3-14H2,1-2H3/t15-/m1/s1. The average Bonchev–Trinajstić information content (AvgIpc) is 3.52. The smallest absolute Gasteiger partial charge is 0.225 e. The molecule has 0 N–H and O–H groups in total. The Balaban J connectivity index is 1.47. The van der Waals surface area contributed by atoms with Crippen molar-refractivity contribution in [3.63, 3.8) is 0 Å². The van der Waals surface area contributed by atoms with Gasteiger partial charge in [-0.1, -0.05) is 20.3 Å². The monoisotopic (exact) mass is 412 g/mol. The zero-order chi connectivity index (χ0) is 20.0. The summed E-state index contributed by atoms with van der Waals surface area (Å²) < 4.78 is 0. The van der Waals surface area contributed by atoms with Crippen molar-refractivity contribution < 1.29 is 4.79 Å². The molecule has 5 nitrogen and oxygen atoms in total. The number of amides is 1. The molecular weight excluding hydrogens is 380 g/mol. The van der Waals surface area contributed by atoms with E-state index in [1.165, 1.54) is 33.5 Å². The lowest BCUT2D eigenvalue weighted by atomic mass is 9.89. The fourth-order valence-electron chi connectivity index (χ4n) is 4.77. The molecule has 2 aromatic rings. The summed E-state index contributed by atoms with van der Waals surface area (Å²) in [5, 5.41) is 1.32. The maximum absolute atomic E-state index is 12.5. The number of fused-ring (bicyclic) bond motifs is 3. The van der Waals surface area contributed by atoms with Crippen molar-refractivity contribution in [1.82, 2.24) is 14.9 Å². The third kappa shape index (κ3) is 3.76. The first-order valence-electron chi connectivity index (χ1n) is 11.5. The van der Waals surface area contributed by atoms with E-state index in [2.05, 4.69) is 23.6 Å². The molecule has 2 aromatic heterocycles. The van der Waals surface area contributed by atoms with Crippen LogP contribution < -0.4 is 4.90 Å². The van der Waals surface area contributed by atoms with E-state index in [4.69, 9.17) is 9.97 Å². The summed E-state index contributed by atoms with van der Waals surface area (Å²) in [6.07, 6.45) is 9.04. The van der Waals surface area contributed by atoms with Crippen molar-refractivity contribution in [2.75, 3.05) is 31.1 Å². The van der Waals surface area contributed by atoms with Crippen LogP contribution in [-0.2, 0) is 24.1 Å². The van der Waals surface area contributed by atoms with Crippen molar-refractivity contribution in [3.8, 4) is 0 Å². The Kier molecular flexibility index (Phi) is 5.23. The topological polar surface area (TPSA) is 49.3 Å². The van der Waals surface area contributed by atoms with E-state index in [9.17, 15) is 4.79 Å². The molecule has 1 amide bonds. The molecule has 1 saturated heterocycles. The van der Waals surface area contributed by atoms with Gasteiger partial charge >= 0.3 is 0 Å². The lowest BCUT2D eigenvalue weighted by Crippen LogP contribution is -2.49. The van der Waals surface area contributed by atoms with E-state index in [0.29, 0.717) is 11.8 Å². The first-order valence-corrected chi connectivity index (χ1v) is 12.3. The zero-order valence-electron chi connectivity index (χ0n) is 17.7. The Morgan fingerprint density at radius 3 is 2.66 bits per heavy atom. The maximum Gasteiger partial charge on any atom is 0.225 e. The Hall–Kier alpha value is -1.69. The minimum absolute atomic E-state index is 0.318. The minimum atomic E-state index is 0.318. The molecule has 0 bridgehead atoms. The fourth-order valence-corrected chi connectivity index (χ4v) is 6.16. The highest BCUT2D eigenvalue weighted by atomic mass is 32.1. The number of hydrogen-bond donors (Lipinski definition) is 0. The first-order chi connectivity index (χ1) is 14.1. The number of carbonyl (C=O) groups is 1. The van der Waals surface area contributed by atoms with E-state index < -0.39 is 0 Å². The van der Waals surface area contributed by atoms with Gasteiger partial charge in [0, 0.05) is 43.4 Å². The second kappa shape index (κ2) is 7.86. The molecule has 0 radical (unpaired) electrons. The van der Waals surface area contributed by atoms with Crippen LogP contribution in [0.25, 0.3) is 10.2 Å². The fraction of sp³-hybridized carbons (Fsp3) is 0.696. The lowest BCUT2D eigenvalue weighted by molar-refractivity contribution is -0.132. The molecule has 2 aliphatic carbocycles. The summed E-state index contributed by atoms with van der Waals surface area (Å²) in [6, 6.07) is 0. The van der Waals surface area contributed by atoms with Crippen molar-refractivity contribution in [2.24, 2.45) is 11.8 Å². The third-order valence-electron chi connectivity index (χ3n) is 6.75. The molecule has 5 rings (SSSR count). The molecule has 6 heteroatoms. The van der Waals surface area contributed by atoms with Gasteiger partial charge in [0.1, 0.15) is 16.5 Å². The van der Waals surface area contributed by atoms with Crippen molar-refractivity contribution >= 4 is 33.3 Å². The normalized spacial score (nSPS) is 22.2. The molecule has 1 aliphatic heterocycles. The van der Waals surface area contributed by atoms with Gasteiger partial charge in [-0.3, -0.25) is 4.79 Å². The van der Waals surface area contributed by atoms with Crippen LogP contribution in [0.15, 0.2) is 0 Å². The number of piperazine rings is 1. The van der Waals surface area contributed by atoms with Crippen LogP contribution in [0.3, 0.4) is 0 Å². The molecule has 3 aliphatic rings. The van der Waals surface area contributed by atoms with Crippen molar-refractivity contribution in [2.45, 2.75) is 65.2 Å². The summed E-state index contributed by atoms with van der Waals surface area (Å²) in [6.45, 7) is 8.02. The van der Waals surface area contributed by atoms with Gasteiger partial charge in [-0.25, -0.2) is 9.97 Å². The average molecular weight is 413 g/mol. The van der Waals surface area contributed by atoms with Gasteiger partial charge in [0.15, 0.2) is 0 Å². The van der Waals surface area contributed by atoms with Gasteiger partial charge in [0.05, 0.1) is 5.39 Å². The van der Waals surface area contributed by atoms with Crippen LogP contribution in [0, 0.1) is 11.8 Å².